The maximum Gasteiger partial charge on any atom is 0.408 e. The number of nitrogens with one attached hydrogen (secondary N) is 2. The summed E-state index contributed by atoms with van der Waals surface area (Å²) in [6, 6.07) is 6.42. The van der Waals surface area contributed by atoms with Gasteiger partial charge in [0.15, 0.2) is 0 Å². The first-order valence-electron chi connectivity index (χ1n) is 7.81. The molecule has 7 heteroatoms. The van der Waals surface area contributed by atoms with E-state index in [1.54, 1.807) is 32.9 Å². The molecule has 0 radical (unpaired) electrons. The van der Waals surface area contributed by atoms with E-state index in [0.29, 0.717) is 5.69 Å². The quantitative estimate of drug-likeness (QED) is 0.738. The Kier molecular flexibility index (Phi) is 7.03. The van der Waals surface area contributed by atoms with E-state index in [0.717, 1.165) is 5.69 Å². The third-order valence-electron chi connectivity index (χ3n) is 3.08. The zero-order valence-corrected chi connectivity index (χ0v) is 14.9. The van der Waals surface area contributed by atoms with Crippen LogP contribution in [-0.2, 0) is 9.53 Å². The van der Waals surface area contributed by atoms with Crippen LogP contribution in [0.15, 0.2) is 24.3 Å². The molecule has 7 nitrogen and oxygen atoms in total. The van der Waals surface area contributed by atoms with E-state index in [2.05, 4.69) is 10.6 Å². The molecule has 24 heavy (non-hydrogen) atoms. The van der Waals surface area contributed by atoms with E-state index in [4.69, 9.17) is 9.84 Å². The van der Waals surface area contributed by atoms with Gasteiger partial charge < -0.3 is 25.4 Å². The summed E-state index contributed by atoms with van der Waals surface area (Å²) in [5.41, 5.74) is 0.957. The number of alkyl carbamates (subject to hydrolysis) is 1. The smallest absolute Gasteiger partial charge is 0.408 e. The molecule has 1 aromatic rings. The number of hydrogen-bond donors (Lipinski definition) is 3. The van der Waals surface area contributed by atoms with Crippen LogP contribution in [-0.4, -0.2) is 49.5 Å². The molecular weight excluding hydrogens is 310 g/mol. The van der Waals surface area contributed by atoms with Crippen LogP contribution in [0.4, 0.5) is 16.2 Å². The van der Waals surface area contributed by atoms with Crippen LogP contribution in [0.1, 0.15) is 27.2 Å². The average molecular weight is 337 g/mol. The molecule has 0 aromatic heterocycles. The predicted octanol–water partition coefficient (Wildman–Crippen LogP) is 1.97. The van der Waals surface area contributed by atoms with Crippen molar-refractivity contribution in [2.75, 3.05) is 30.9 Å². The van der Waals surface area contributed by atoms with Crippen LogP contribution in [0, 0.1) is 0 Å². The van der Waals surface area contributed by atoms with Crippen molar-refractivity contribution in [2.45, 2.75) is 38.8 Å². The Morgan fingerprint density at radius 3 is 2.25 bits per heavy atom. The molecule has 0 saturated carbocycles. The highest BCUT2D eigenvalue weighted by Crippen LogP contribution is 2.16. The summed E-state index contributed by atoms with van der Waals surface area (Å²) < 4.78 is 5.14. The minimum absolute atomic E-state index is 0.0981. The van der Waals surface area contributed by atoms with Gasteiger partial charge in [-0.3, -0.25) is 4.79 Å². The number of hydrogen-bond acceptors (Lipinski definition) is 5. The number of carbonyl (C=O) groups is 2. The highest BCUT2D eigenvalue weighted by molar-refractivity contribution is 5.96. The second kappa shape index (κ2) is 8.54. The summed E-state index contributed by atoms with van der Waals surface area (Å²) >= 11 is 0. The van der Waals surface area contributed by atoms with Gasteiger partial charge in [-0.1, -0.05) is 0 Å². The number of anilines is 2. The van der Waals surface area contributed by atoms with E-state index in [9.17, 15) is 9.59 Å². The molecule has 0 heterocycles. The van der Waals surface area contributed by atoms with Crippen LogP contribution in [0.5, 0.6) is 0 Å². The molecule has 0 bridgehead atoms. The summed E-state index contributed by atoms with van der Waals surface area (Å²) in [6.45, 7) is 4.98. The van der Waals surface area contributed by atoms with Crippen molar-refractivity contribution in [3.05, 3.63) is 24.3 Å². The summed E-state index contributed by atoms with van der Waals surface area (Å²) in [7, 11) is 3.85. The first-order chi connectivity index (χ1) is 11.1. The summed E-state index contributed by atoms with van der Waals surface area (Å²) in [4.78, 5) is 26.1. The Morgan fingerprint density at radius 1 is 1.21 bits per heavy atom. The standard InChI is InChI=1S/C17H27N3O4/c1-17(2,3)24-16(23)19-14(10-11-21)15(22)18-12-6-8-13(9-7-12)20(4)5/h6-9,14,21H,10-11H2,1-5H3,(H,18,22)(H,19,23). The minimum atomic E-state index is -0.877. The molecule has 1 unspecified atom stereocenters. The van der Waals surface area contributed by atoms with Crippen LogP contribution in [0.25, 0.3) is 0 Å². The molecule has 134 valence electrons. The number of rotatable bonds is 6. The second-order valence-electron chi connectivity index (χ2n) is 6.64. The van der Waals surface area contributed by atoms with Gasteiger partial charge >= 0.3 is 6.09 Å². The molecule has 0 aliphatic carbocycles. The minimum Gasteiger partial charge on any atom is -0.444 e. The first-order valence-corrected chi connectivity index (χ1v) is 7.81. The predicted molar refractivity (Wildman–Crippen MR) is 94.3 cm³/mol. The lowest BCUT2D eigenvalue weighted by atomic mass is 10.2. The van der Waals surface area contributed by atoms with Crippen LogP contribution >= 0.6 is 0 Å². The number of aliphatic hydroxyl groups excluding tert-OH is 1. The highest BCUT2D eigenvalue weighted by Gasteiger charge is 2.24. The largest absolute Gasteiger partial charge is 0.444 e. The molecule has 0 aliphatic heterocycles. The summed E-state index contributed by atoms with van der Waals surface area (Å²) in [6.07, 6.45) is -0.597. The molecule has 1 rings (SSSR count). The van der Waals surface area contributed by atoms with Crippen LogP contribution in [0.3, 0.4) is 0 Å². The van der Waals surface area contributed by atoms with Crippen molar-refractivity contribution in [3.63, 3.8) is 0 Å². The molecule has 0 spiro atoms. The third kappa shape index (κ3) is 6.87. The molecule has 3 N–H and O–H groups in total. The maximum atomic E-state index is 12.3. The average Bonchev–Trinajstić information content (AvgIpc) is 2.45. The number of carbonyl (C=O) groups excluding carboxylic acids is 2. The summed E-state index contributed by atoms with van der Waals surface area (Å²) in [5.74, 6) is -0.410. The lowest BCUT2D eigenvalue weighted by molar-refractivity contribution is -0.118. The molecule has 1 aromatic carbocycles. The Bertz CT molecular complexity index is 550. The highest BCUT2D eigenvalue weighted by atomic mass is 16.6. The summed E-state index contributed by atoms with van der Waals surface area (Å²) in [5, 5.41) is 14.3. The Hall–Kier alpha value is -2.28. The molecule has 2 amide bonds. The van der Waals surface area contributed by atoms with Gasteiger partial charge in [0.05, 0.1) is 0 Å². The Morgan fingerprint density at radius 2 is 1.79 bits per heavy atom. The van der Waals surface area contributed by atoms with Crippen molar-refractivity contribution in [3.8, 4) is 0 Å². The number of nitrogens with zero attached hydrogens (tertiary/aromatic N) is 1. The number of aliphatic hydroxyl groups is 1. The van der Waals surface area contributed by atoms with E-state index < -0.39 is 23.6 Å². The molecule has 0 aliphatic rings. The molecule has 0 fully saturated rings. The van der Waals surface area contributed by atoms with Gasteiger partial charge in [0.2, 0.25) is 5.91 Å². The topological polar surface area (TPSA) is 90.9 Å². The molecule has 1 atom stereocenters. The van der Waals surface area contributed by atoms with Crippen molar-refractivity contribution in [2.24, 2.45) is 0 Å². The molecule has 0 saturated heterocycles. The van der Waals surface area contributed by atoms with Crippen molar-refractivity contribution < 1.29 is 19.4 Å². The van der Waals surface area contributed by atoms with Crippen molar-refractivity contribution in [1.29, 1.82) is 0 Å². The van der Waals surface area contributed by atoms with E-state index in [1.165, 1.54) is 0 Å². The van der Waals surface area contributed by atoms with E-state index >= 15 is 0 Å². The lowest BCUT2D eigenvalue weighted by Crippen LogP contribution is -2.46. The first kappa shape index (κ1) is 19.8. The number of ether oxygens (including phenoxy) is 1. The fourth-order valence-electron chi connectivity index (χ4n) is 1.92. The second-order valence-corrected chi connectivity index (χ2v) is 6.64. The van der Waals surface area contributed by atoms with E-state index in [-0.39, 0.29) is 13.0 Å². The van der Waals surface area contributed by atoms with Gasteiger partial charge in [0.1, 0.15) is 11.6 Å². The SMILES string of the molecule is CN(C)c1ccc(NC(=O)C(CCO)NC(=O)OC(C)(C)C)cc1. The van der Waals surface area contributed by atoms with Crippen molar-refractivity contribution in [1.82, 2.24) is 5.32 Å². The van der Waals surface area contributed by atoms with Gasteiger partial charge in [-0.25, -0.2) is 4.79 Å². The normalized spacial score (nSPS) is 12.2. The molecular formula is C17H27N3O4. The van der Waals surface area contributed by atoms with Gasteiger partial charge in [0.25, 0.3) is 0 Å². The van der Waals surface area contributed by atoms with Crippen LogP contribution in [0.2, 0.25) is 0 Å². The van der Waals surface area contributed by atoms with Gasteiger partial charge in [0, 0.05) is 32.1 Å². The van der Waals surface area contributed by atoms with Gasteiger partial charge in [-0.05, 0) is 51.5 Å². The monoisotopic (exact) mass is 337 g/mol. The zero-order valence-electron chi connectivity index (χ0n) is 14.9. The Balaban J connectivity index is 2.70. The third-order valence-corrected chi connectivity index (χ3v) is 3.08. The fourth-order valence-corrected chi connectivity index (χ4v) is 1.92. The lowest BCUT2D eigenvalue weighted by Gasteiger charge is -2.23. The van der Waals surface area contributed by atoms with Crippen molar-refractivity contribution >= 4 is 23.4 Å². The fraction of sp³-hybridized carbons (Fsp3) is 0.529. The maximum absolute atomic E-state index is 12.3. The zero-order chi connectivity index (χ0) is 18.3. The van der Waals surface area contributed by atoms with E-state index in [1.807, 2.05) is 31.1 Å². The van der Waals surface area contributed by atoms with Gasteiger partial charge in [-0.15, -0.1) is 0 Å². The number of benzene rings is 1. The number of amides is 2. The van der Waals surface area contributed by atoms with Crippen LogP contribution < -0.4 is 15.5 Å². The van der Waals surface area contributed by atoms with Gasteiger partial charge in [-0.2, -0.15) is 0 Å². The Labute approximate surface area is 143 Å².